The largest absolute Gasteiger partial charge is 0.394 e. The number of benzene rings is 1. The lowest BCUT2D eigenvalue weighted by atomic mass is 10.1. The molecule has 0 aliphatic carbocycles. The first-order chi connectivity index (χ1) is 9.06. The summed E-state index contributed by atoms with van der Waals surface area (Å²) in [6.45, 7) is 6.00. The van der Waals surface area contributed by atoms with E-state index in [0.29, 0.717) is 0 Å². The van der Waals surface area contributed by atoms with E-state index in [1.165, 1.54) is 11.6 Å². The molecule has 0 spiro atoms. The molecule has 0 saturated carbocycles. The third-order valence-corrected chi connectivity index (χ3v) is 3.14. The number of aryl methyl sites for hydroxylation is 1. The zero-order valence-electron chi connectivity index (χ0n) is 11.9. The Morgan fingerprint density at radius 1 is 1.32 bits per heavy atom. The lowest BCUT2D eigenvalue weighted by molar-refractivity contribution is -0.117. The summed E-state index contributed by atoms with van der Waals surface area (Å²) in [6.07, 6.45) is 4.30. The molecule has 1 rings (SSSR count). The maximum absolute atomic E-state index is 11.7. The first kappa shape index (κ1) is 15.4. The number of amides is 1. The van der Waals surface area contributed by atoms with Crippen LogP contribution in [0.5, 0.6) is 0 Å². The lowest BCUT2D eigenvalue weighted by Gasteiger charge is -2.18. The van der Waals surface area contributed by atoms with Gasteiger partial charge in [-0.15, -0.1) is 0 Å². The van der Waals surface area contributed by atoms with Gasteiger partial charge in [-0.25, -0.2) is 0 Å². The number of aliphatic hydroxyl groups is 1. The molecule has 0 bridgehead atoms. The molecule has 3 nitrogen and oxygen atoms in total. The van der Waals surface area contributed by atoms with Crippen LogP contribution < -0.4 is 5.32 Å². The van der Waals surface area contributed by atoms with Gasteiger partial charge in [0.2, 0.25) is 5.91 Å². The fourth-order valence-corrected chi connectivity index (χ4v) is 1.69. The second-order valence-corrected chi connectivity index (χ2v) is 4.97. The van der Waals surface area contributed by atoms with Crippen LogP contribution in [0.2, 0.25) is 0 Å². The van der Waals surface area contributed by atoms with E-state index < -0.39 is 0 Å². The SMILES string of the molecule is CCc1ccc(C=CC(=O)N[C@H](CO)C(C)C)cc1. The number of carbonyl (C=O) groups is 1. The van der Waals surface area contributed by atoms with Gasteiger partial charge in [-0.2, -0.15) is 0 Å². The minimum absolute atomic E-state index is 0.0392. The monoisotopic (exact) mass is 261 g/mol. The van der Waals surface area contributed by atoms with Gasteiger partial charge >= 0.3 is 0 Å². The highest BCUT2D eigenvalue weighted by Gasteiger charge is 2.12. The third-order valence-electron chi connectivity index (χ3n) is 3.14. The molecule has 1 atom stereocenters. The van der Waals surface area contributed by atoms with Gasteiger partial charge < -0.3 is 10.4 Å². The number of aliphatic hydroxyl groups excluding tert-OH is 1. The highest BCUT2D eigenvalue weighted by atomic mass is 16.3. The Morgan fingerprint density at radius 3 is 2.42 bits per heavy atom. The quantitative estimate of drug-likeness (QED) is 0.773. The van der Waals surface area contributed by atoms with Gasteiger partial charge in [-0.3, -0.25) is 4.79 Å². The highest BCUT2D eigenvalue weighted by Crippen LogP contribution is 2.07. The minimum atomic E-state index is -0.195. The van der Waals surface area contributed by atoms with E-state index in [-0.39, 0.29) is 24.5 Å². The Kier molecular flexibility index (Phi) is 6.30. The van der Waals surface area contributed by atoms with Crippen molar-refractivity contribution in [2.45, 2.75) is 33.2 Å². The van der Waals surface area contributed by atoms with Crippen LogP contribution in [-0.2, 0) is 11.2 Å². The average Bonchev–Trinajstić information content (AvgIpc) is 2.42. The Hall–Kier alpha value is -1.61. The van der Waals surface area contributed by atoms with Crippen LogP contribution in [0, 0.1) is 5.92 Å². The van der Waals surface area contributed by atoms with E-state index in [4.69, 9.17) is 5.11 Å². The molecule has 0 aromatic heterocycles. The normalized spacial score (nSPS) is 12.9. The maximum Gasteiger partial charge on any atom is 0.244 e. The summed E-state index contributed by atoms with van der Waals surface area (Å²) in [5.41, 5.74) is 2.28. The molecule has 3 heteroatoms. The van der Waals surface area contributed by atoms with E-state index >= 15 is 0 Å². The molecule has 0 saturated heterocycles. The molecule has 0 unspecified atom stereocenters. The van der Waals surface area contributed by atoms with Crippen LogP contribution in [0.25, 0.3) is 6.08 Å². The molecule has 0 heterocycles. The topological polar surface area (TPSA) is 49.3 Å². The van der Waals surface area contributed by atoms with Gasteiger partial charge in [0.05, 0.1) is 12.6 Å². The standard InChI is InChI=1S/C16H23NO2/c1-4-13-5-7-14(8-6-13)9-10-16(19)17-15(11-18)12(2)3/h5-10,12,15,18H,4,11H2,1-3H3,(H,17,19)/t15-/m1/s1. The Bertz CT molecular complexity index is 421. The molecule has 2 N–H and O–H groups in total. The number of nitrogens with one attached hydrogen (secondary N) is 1. The number of hydrogen-bond donors (Lipinski definition) is 2. The summed E-state index contributed by atoms with van der Waals surface area (Å²) in [6, 6.07) is 7.91. The van der Waals surface area contributed by atoms with Crippen molar-refractivity contribution in [2.75, 3.05) is 6.61 Å². The van der Waals surface area contributed by atoms with Crippen LogP contribution in [0.4, 0.5) is 0 Å². The second kappa shape index (κ2) is 7.74. The van der Waals surface area contributed by atoms with E-state index in [1.54, 1.807) is 6.08 Å². The maximum atomic E-state index is 11.7. The summed E-state index contributed by atoms with van der Waals surface area (Å²) < 4.78 is 0. The molecule has 1 aromatic carbocycles. The van der Waals surface area contributed by atoms with E-state index in [9.17, 15) is 4.79 Å². The first-order valence-corrected chi connectivity index (χ1v) is 6.75. The van der Waals surface area contributed by atoms with Crippen LogP contribution >= 0.6 is 0 Å². The number of carbonyl (C=O) groups excluding carboxylic acids is 1. The molecule has 0 fully saturated rings. The molecule has 0 radical (unpaired) electrons. The van der Waals surface area contributed by atoms with Gasteiger partial charge in [0.25, 0.3) is 0 Å². The molecule has 19 heavy (non-hydrogen) atoms. The molecule has 0 aliphatic rings. The fourth-order valence-electron chi connectivity index (χ4n) is 1.69. The third kappa shape index (κ3) is 5.26. The van der Waals surface area contributed by atoms with Gasteiger partial charge in [-0.1, -0.05) is 45.0 Å². The average molecular weight is 261 g/mol. The summed E-state index contributed by atoms with van der Waals surface area (Å²) in [5.74, 6) is 0.0403. The summed E-state index contributed by atoms with van der Waals surface area (Å²) in [5, 5.41) is 11.9. The predicted octanol–water partition coefficient (Wildman–Crippen LogP) is 2.40. The number of rotatable bonds is 6. The van der Waals surface area contributed by atoms with Gasteiger partial charge in [0.1, 0.15) is 0 Å². The zero-order valence-corrected chi connectivity index (χ0v) is 11.9. The van der Waals surface area contributed by atoms with Crippen molar-refractivity contribution < 1.29 is 9.90 Å². The van der Waals surface area contributed by atoms with Crippen LogP contribution in [-0.4, -0.2) is 23.7 Å². The van der Waals surface area contributed by atoms with Crippen LogP contribution in [0.15, 0.2) is 30.3 Å². The smallest absolute Gasteiger partial charge is 0.244 e. The fraction of sp³-hybridized carbons (Fsp3) is 0.438. The molecule has 1 aromatic rings. The van der Waals surface area contributed by atoms with Crippen molar-refractivity contribution in [1.82, 2.24) is 5.32 Å². The highest BCUT2D eigenvalue weighted by molar-refractivity contribution is 5.91. The van der Waals surface area contributed by atoms with Crippen molar-refractivity contribution in [2.24, 2.45) is 5.92 Å². The molecular weight excluding hydrogens is 238 g/mol. The van der Waals surface area contributed by atoms with Crippen LogP contribution in [0.1, 0.15) is 31.9 Å². The van der Waals surface area contributed by atoms with Crippen molar-refractivity contribution >= 4 is 12.0 Å². The zero-order chi connectivity index (χ0) is 14.3. The predicted molar refractivity (Wildman–Crippen MR) is 78.7 cm³/mol. The Labute approximate surface area is 115 Å². The summed E-state index contributed by atoms with van der Waals surface area (Å²) in [7, 11) is 0. The lowest BCUT2D eigenvalue weighted by Crippen LogP contribution is -2.40. The Balaban J connectivity index is 2.57. The van der Waals surface area contributed by atoms with Gasteiger partial charge in [0.15, 0.2) is 0 Å². The number of hydrogen-bond acceptors (Lipinski definition) is 2. The van der Waals surface area contributed by atoms with Crippen LogP contribution in [0.3, 0.4) is 0 Å². The van der Waals surface area contributed by atoms with Crippen molar-refractivity contribution in [1.29, 1.82) is 0 Å². The van der Waals surface area contributed by atoms with Gasteiger partial charge in [-0.05, 0) is 29.5 Å². The van der Waals surface area contributed by atoms with E-state index in [2.05, 4.69) is 24.4 Å². The second-order valence-electron chi connectivity index (χ2n) is 4.97. The van der Waals surface area contributed by atoms with E-state index in [1.807, 2.05) is 26.0 Å². The molecule has 1 amide bonds. The molecule has 104 valence electrons. The van der Waals surface area contributed by atoms with Gasteiger partial charge in [0, 0.05) is 6.08 Å². The summed E-state index contributed by atoms with van der Waals surface area (Å²) >= 11 is 0. The van der Waals surface area contributed by atoms with Crippen molar-refractivity contribution in [3.05, 3.63) is 41.5 Å². The molecule has 0 aliphatic heterocycles. The minimum Gasteiger partial charge on any atom is -0.394 e. The van der Waals surface area contributed by atoms with Crippen molar-refractivity contribution in [3.63, 3.8) is 0 Å². The Morgan fingerprint density at radius 2 is 1.95 bits per heavy atom. The van der Waals surface area contributed by atoms with Crippen molar-refractivity contribution in [3.8, 4) is 0 Å². The van der Waals surface area contributed by atoms with E-state index in [0.717, 1.165) is 12.0 Å². The first-order valence-electron chi connectivity index (χ1n) is 6.75. The molecular formula is C16H23NO2. The summed E-state index contributed by atoms with van der Waals surface area (Å²) in [4.78, 5) is 11.7.